The molecule has 0 aliphatic rings. The predicted octanol–water partition coefficient (Wildman–Crippen LogP) is 5.91. The first-order valence-corrected chi connectivity index (χ1v) is 11.4. The van der Waals surface area contributed by atoms with Crippen molar-refractivity contribution < 1.29 is 9.15 Å². The first kappa shape index (κ1) is 21.6. The highest BCUT2D eigenvalue weighted by molar-refractivity contribution is 5.60. The van der Waals surface area contributed by atoms with Gasteiger partial charge in [0.25, 0.3) is 0 Å². The van der Waals surface area contributed by atoms with Crippen LogP contribution >= 0.6 is 0 Å². The van der Waals surface area contributed by atoms with Crippen LogP contribution in [-0.4, -0.2) is 25.2 Å². The van der Waals surface area contributed by atoms with E-state index in [1.54, 1.807) is 4.68 Å². The minimum Gasteiger partial charge on any atom is -0.489 e. The lowest BCUT2D eigenvalue weighted by Gasteiger charge is -2.07. The topological polar surface area (TPSA) is 78.9 Å². The molecule has 0 radical (unpaired) electrons. The number of aryl methyl sites for hydroxylation is 1. The highest BCUT2D eigenvalue weighted by Crippen LogP contribution is 2.27. The number of benzene rings is 3. The Labute approximate surface area is 198 Å². The summed E-state index contributed by atoms with van der Waals surface area (Å²) in [6.45, 7) is 2.67. The number of rotatable bonds is 9. The molecular weight excluding hydrogens is 426 g/mol. The summed E-state index contributed by atoms with van der Waals surface area (Å²) < 4.78 is 13.7. The molecule has 5 rings (SSSR count). The number of ether oxygens (including phenoxy) is 1. The van der Waals surface area contributed by atoms with Crippen molar-refractivity contribution in [3.63, 3.8) is 0 Å². The van der Waals surface area contributed by atoms with E-state index >= 15 is 0 Å². The second-order valence-electron chi connectivity index (χ2n) is 8.02. The van der Waals surface area contributed by atoms with Gasteiger partial charge in [-0.2, -0.15) is 0 Å². The molecule has 0 bridgehead atoms. The van der Waals surface area contributed by atoms with Crippen LogP contribution in [0.3, 0.4) is 0 Å². The Morgan fingerprint density at radius 1 is 0.824 bits per heavy atom. The van der Waals surface area contributed by atoms with Crippen LogP contribution in [0.15, 0.2) is 89.5 Å². The Morgan fingerprint density at radius 2 is 1.62 bits per heavy atom. The van der Waals surface area contributed by atoms with Crippen LogP contribution < -0.4 is 4.74 Å². The second kappa shape index (κ2) is 10.1. The molecule has 0 N–H and O–H groups in total. The Balaban J connectivity index is 1.28. The number of nitrogens with zero attached hydrogens (tertiary/aromatic N) is 5. The summed E-state index contributed by atoms with van der Waals surface area (Å²) in [5.74, 6) is 1.65. The summed E-state index contributed by atoms with van der Waals surface area (Å²) in [6.07, 6.45) is 5.16. The second-order valence-corrected chi connectivity index (χ2v) is 8.02. The molecule has 5 aromatic rings. The van der Waals surface area contributed by atoms with Gasteiger partial charge in [0.15, 0.2) is 0 Å². The van der Waals surface area contributed by atoms with E-state index in [0.717, 1.165) is 53.1 Å². The highest BCUT2D eigenvalue weighted by Gasteiger charge is 2.12. The van der Waals surface area contributed by atoms with Gasteiger partial charge in [-0.3, -0.25) is 0 Å². The molecule has 0 saturated carbocycles. The van der Waals surface area contributed by atoms with E-state index in [9.17, 15) is 0 Å². The fraction of sp³-hybridized carbons (Fsp3) is 0.185. The highest BCUT2D eigenvalue weighted by atomic mass is 16.5. The smallest absolute Gasteiger partial charge is 0.248 e. The maximum Gasteiger partial charge on any atom is 0.248 e. The van der Waals surface area contributed by atoms with Gasteiger partial charge in [0.1, 0.15) is 12.4 Å². The first-order valence-electron chi connectivity index (χ1n) is 11.4. The minimum atomic E-state index is 0.445. The molecule has 0 atom stereocenters. The van der Waals surface area contributed by atoms with E-state index in [-0.39, 0.29) is 0 Å². The summed E-state index contributed by atoms with van der Waals surface area (Å²) in [4.78, 5) is 0. The van der Waals surface area contributed by atoms with E-state index in [4.69, 9.17) is 9.15 Å². The van der Waals surface area contributed by atoms with Crippen molar-refractivity contribution in [1.29, 1.82) is 0 Å². The van der Waals surface area contributed by atoms with Gasteiger partial charge in [-0.05, 0) is 60.9 Å². The molecule has 0 fully saturated rings. The van der Waals surface area contributed by atoms with Crippen molar-refractivity contribution in [2.24, 2.45) is 0 Å². The Kier molecular flexibility index (Phi) is 6.42. The Bertz CT molecular complexity index is 1340. The molecule has 2 aromatic heterocycles. The Hall–Kier alpha value is -4.26. The van der Waals surface area contributed by atoms with Crippen molar-refractivity contribution in [3.8, 4) is 34.3 Å². The van der Waals surface area contributed by atoms with Crippen LogP contribution in [0.1, 0.15) is 31.0 Å². The molecule has 2 heterocycles. The average Bonchev–Trinajstić information content (AvgIpc) is 3.58. The molecule has 0 saturated heterocycles. The molecule has 0 unspecified atom stereocenters. The van der Waals surface area contributed by atoms with E-state index in [1.165, 1.54) is 0 Å². The predicted molar refractivity (Wildman–Crippen MR) is 129 cm³/mol. The molecule has 0 spiro atoms. The normalized spacial score (nSPS) is 11.0. The van der Waals surface area contributed by atoms with Crippen LogP contribution in [0.4, 0.5) is 0 Å². The number of aromatic nitrogens is 5. The SMILES string of the molecule is CCCCc1cn(-c2ccc(-c3nnc(-c4cccc(OCc5ccccc5)c4)o3)cc2)nn1. The number of hydrogen-bond donors (Lipinski definition) is 0. The summed E-state index contributed by atoms with van der Waals surface area (Å²) in [6, 6.07) is 25.5. The van der Waals surface area contributed by atoms with E-state index in [1.807, 2.05) is 85.1 Å². The zero-order valence-electron chi connectivity index (χ0n) is 19.0. The third-order valence-electron chi connectivity index (χ3n) is 5.46. The van der Waals surface area contributed by atoms with Gasteiger partial charge >= 0.3 is 0 Å². The van der Waals surface area contributed by atoms with Crippen molar-refractivity contribution in [3.05, 3.63) is 96.3 Å². The summed E-state index contributed by atoms with van der Waals surface area (Å²) >= 11 is 0. The number of hydrogen-bond acceptors (Lipinski definition) is 6. The zero-order chi connectivity index (χ0) is 23.2. The quantitative estimate of drug-likeness (QED) is 0.277. The van der Waals surface area contributed by atoms with Gasteiger partial charge in [0.2, 0.25) is 11.8 Å². The molecule has 34 heavy (non-hydrogen) atoms. The first-order chi connectivity index (χ1) is 16.8. The molecule has 3 aromatic carbocycles. The molecule has 7 heteroatoms. The molecule has 0 amide bonds. The van der Waals surface area contributed by atoms with Crippen LogP contribution in [0.25, 0.3) is 28.6 Å². The van der Waals surface area contributed by atoms with Gasteiger partial charge < -0.3 is 9.15 Å². The van der Waals surface area contributed by atoms with Crippen LogP contribution in [0, 0.1) is 0 Å². The van der Waals surface area contributed by atoms with E-state index in [0.29, 0.717) is 18.4 Å². The third-order valence-corrected chi connectivity index (χ3v) is 5.46. The van der Waals surface area contributed by atoms with Gasteiger partial charge in [-0.15, -0.1) is 15.3 Å². The van der Waals surface area contributed by atoms with E-state index < -0.39 is 0 Å². The summed E-state index contributed by atoms with van der Waals surface area (Å²) in [7, 11) is 0. The van der Waals surface area contributed by atoms with Gasteiger partial charge in [-0.25, -0.2) is 4.68 Å². The molecule has 7 nitrogen and oxygen atoms in total. The summed E-state index contributed by atoms with van der Waals surface area (Å²) in [5, 5.41) is 16.9. The van der Waals surface area contributed by atoms with Crippen molar-refractivity contribution in [2.45, 2.75) is 32.8 Å². The van der Waals surface area contributed by atoms with Gasteiger partial charge in [0.05, 0.1) is 17.6 Å². The van der Waals surface area contributed by atoms with E-state index in [2.05, 4.69) is 27.4 Å². The summed E-state index contributed by atoms with van der Waals surface area (Å²) in [5.41, 5.74) is 4.69. The largest absolute Gasteiger partial charge is 0.489 e. The lowest BCUT2D eigenvalue weighted by molar-refractivity contribution is 0.306. The molecular formula is C27H25N5O2. The lowest BCUT2D eigenvalue weighted by Crippen LogP contribution is -1.95. The van der Waals surface area contributed by atoms with Crippen LogP contribution in [0.2, 0.25) is 0 Å². The van der Waals surface area contributed by atoms with Gasteiger partial charge in [0, 0.05) is 11.1 Å². The molecule has 0 aliphatic carbocycles. The maximum atomic E-state index is 5.95. The van der Waals surface area contributed by atoms with Crippen LogP contribution in [0.5, 0.6) is 5.75 Å². The monoisotopic (exact) mass is 451 g/mol. The zero-order valence-corrected chi connectivity index (χ0v) is 19.0. The standard InChI is InChI=1S/C27H25N5O2/c1-2-3-11-23-18-32(31-28-23)24-15-13-21(14-16-24)26-29-30-27(34-26)22-10-7-12-25(17-22)33-19-20-8-5-4-6-9-20/h4-10,12-18H,2-3,11,19H2,1H3. The lowest BCUT2D eigenvalue weighted by atomic mass is 10.2. The third kappa shape index (κ3) is 5.04. The van der Waals surface area contributed by atoms with Crippen molar-refractivity contribution >= 4 is 0 Å². The van der Waals surface area contributed by atoms with Crippen molar-refractivity contribution in [1.82, 2.24) is 25.2 Å². The number of unbranched alkanes of at least 4 members (excludes halogenated alkanes) is 1. The van der Waals surface area contributed by atoms with Crippen LogP contribution in [-0.2, 0) is 13.0 Å². The fourth-order valence-electron chi connectivity index (χ4n) is 3.57. The van der Waals surface area contributed by atoms with Crippen molar-refractivity contribution in [2.75, 3.05) is 0 Å². The Morgan fingerprint density at radius 3 is 2.41 bits per heavy atom. The van der Waals surface area contributed by atoms with Gasteiger partial charge in [-0.1, -0.05) is 55.0 Å². The molecule has 170 valence electrons. The minimum absolute atomic E-state index is 0.445. The average molecular weight is 452 g/mol. The maximum absolute atomic E-state index is 5.95. The molecule has 0 aliphatic heterocycles. The fourth-order valence-corrected chi connectivity index (χ4v) is 3.57.